The third kappa shape index (κ3) is 2.19. The van der Waals surface area contributed by atoms with Crippen LogP contribution < -0.4 is 0 Å². The molecular weight excluding hydrogens is 176 g/mol. The van der Waals surface area contributed by atoms with Gasteiger partial charge in [-0.1, -0.05) is 25.1 Å². The quantitative estimate of drug-likeness (QED) is 0.676. The second-order valence-electron chi connectivity index (χ2n) is 3.57. The van der Waals surface area contributed by atoms with Crippen molar-refractivity contribution in [2.24, 2.45) is 5.92 Å². The highest BCUT2D eigenvalue weighted by Gasteiger charge is 2.12. The molecule has 0 saturated heterocycles. The Morgan fingerprint density at radius 2 is 2.36 bits per heavy atom. The number of hydrogen-bond donors (Lipinski definition) is 0. The SMILES string of the molecule is C=CCn1nnc(C#N)c1CC(C)C. The van der Waals surface area contributed by atoms with Crippen LogP contribution in [0.3, 0.4) is 0 Å². The van der Waals surface area contributed by atoms with Crippen LogP contribution in [0.5, 0.6) is 0 Å². The van der Waals surface area contributed by atoms with Gasteiger partial charge in [-0.15, -0.1) is 11.7 Å². The van der Waals surface area contributed by atoms with Gasteiger partial charge in [0.1, 0.15) is 6.07 Å². The molecule has 0 aliphatic carbocycles. The van der Waals surface area contributed by atoms with E-state index in [-0.39, 0.29) is 0 Å². The third-order valence-corrected chi connectivity index (χ3v) is 1.85. The minimum absolute atomic E-state index is 0.431. The summed E-state index contributed by atoms with van der Waals surface area (Å²) >= 11 is 0. The Hall–Kier alpha value is -1.63. The molecule has 0 amide bonds. The van der Waals surface area contributed by atoms with Crippen molar-refractivity contribution in [2.75, 3.05) is 0 Å². The van der Waals surface area contributed by atoms with E-state index in [0.717, 1.165) is 12.1 Å². The predicted molar refractivity (Wildman–Crippen MR) is 53.5 cm³/mol. The first-order chi connectivity index (χ1) is 6.69. The van der Waals surface area contributed by atoms with E-state index < -0.39 is 0 Å². The van der Waals surface area contributed by atoms with Crippen molar-refractivity contribution < 1.29 is 0 Å². The summed E-state index contributed by atoms with van der Waals surface area (Å²) in [5, 5.41) is 16.5. The molecule has 1 aromatic heterocycles. The molecule has 1 aromatic rings. The zero-order valence-electron chi connectivity index (χ0n) is 8.56. The zero-order valence-corrected chi connectivity index (χ0v) is 8.56. The summed E-state index contributed by atoms with van der Waals surface area (Å²) in [5.74, 6) is 0.490. The maximum atomic E-state index is 8.82. The molecule has 74 valence electrons. The molecular formula is C10H14N4. The molecule has 0 bridgehead atoms. The van der Waals surface area contributed by atoms with Gasteiger partial charge in [-0.25, -0.2) is 4.68 Å². The van der Waals surface area contributed by atoms with Gasteiger partial charge in [0.15, 0.2) is 5.69 Å². The molecule has 0 aliphatic rings. The van der Waals surface area contributed by atoms with Gasteiger partial charge >= 0.3 is 0 Å². The lowest BCUT2D eigenvalue weighted by molar-refractivity contribution is 0.570. The molecule has 14 heavy (non-hydrogen) atoms. The van der Waals surface area contributed by atoms with E-state index in [1.807, 2.05) is 0 Å². The lowest BCUT2D eigenvalue weighted by atomic mass is 10.1. The number of nitriles is 1. The van der Waals surface area contributed by atoms with Gasteiger partial charge in [-0.05, 0) is 12.3 Å². The molecule has 0 atom stereocenters. The topological polar surface area (TPSA) is 54.5 Å². The summed E-state index contributed by atoms with van der Waals surface area (Å²) in [4.78, 5) is 0. The maximum Gasteiger partial charge on any atom is 0.185 e. The van der Waals surface area contributed by atoms with E-state index in [2.05, 4.69) is 36.8 Å². The monoisotopic (exact) mass is 190 g/mol. The van der Waals surface area contributed by atoms with Crippen LogP contribution >= 0.6 is 0 Å². The second kappa shape index (κ2) is 4.56. The first-order valence-corrected chi connectivity index (χ1v) is 4.62. The van der Waals surface area contributed by atoms with Crippen molar-refractivity contribution in [1.29, 1.82) is 5.26 Å². The van der Waals surface area contributed by atoms with Gasteiger partial charge < -0.3 is 0 Å². The summed E-state index contributed by atoms with van der Waals surface area (Å²) < 4.78 is 1.73. The van der Waals surface area contributed by atoms with E-state index in [9.17, 15) is 0 Å². The number of rotatable bonds is 4. The first-order valence-electron chi connectivity index (χ1n) is 4.62. The fraction of sp³-hybridized carbons (Fsp3) is 0.500. The van der Waals surface area contributed by atoms with Gasteiger partial charge in [0.25, 0.3) is 0 Å². The smallest absolute Gasteiger partial charge is 0.185 e. The van der Waals surface area contributed by atoms with E-state index in [1.54, 1.807) is 10.8 Å². The Balaban J connectivity index is 3.00. The summed E-state index contributed by atoms with van der Waals surface area (Å²) in [7, 11) is 0. The number of nitrogens with zero attached hydrogens (tertiary/aromatic N) is 4. The van der Waals surface area contributed by atoms with Gasteiger partial charge in [-0.3, -0.25) is 0 Å². The van der Waals surface area contributed by atoms with Gasteiger partial charge in [-0.2, -0.15) is 5.26 Å². The second-order valence-corrected chi connectivity index (χ2v) is 3.57. The van der Waals surface area contributed by atoms with E-state index in [0.29, 0.717) is 18.2 Å². The predicted octanol–water partition coefficient (Wildman–Crippen LogP) is 1.53. The van der Waals surface area contributed by atoms with Gasteiger partial charge in [0.05, 0.1) is 12.2 Å². The van der Waals surface area contributed by atoms with Crippen LogP contribution in [0.25, 0.3) is 0 Å². The molecule has 0 spiro atoms. The number of allylic oxidation sites excluding steroid dienone is 1. The Bertz CT molecular complexity index is 357. The summed E-state index contributed by atoms with van der Waals surface area (Å²) in [6.45, 7) is 8.45. The van der Waals surface area contributed by atoms with E-state index >= 15 is 0 Å². The fourth-order valence-electron chi connectivity index (χ4n) is 1.28. The van der Waals surface area contributed by atoms with Gasteiger partial charge in [0, 0.05) is 0 Å². The van der Waals surface area contributed by atoms with Crippen LogP contribution in [0, 0.1) is 17.2 Å². The average molecular weight is 190 g/mol. The van der Waals surface area contributed by atoms with Crippen LogP contribution in [0.4, 0.5) is 0 Å². The van der Waals surface area contributed by atoms with E-state index in [4.69, 9.17) is 5.26 Å². The van der Waals surface area contributed by atoms with Crippen LogP contribution in [0.1, 0.15) is 25.2 Å². The summed E-state index contributed by atoms with van der Waals surface area (Å²) in [6.07, 6.45) is 2.57. The van der Waals surface area contributed by atoms with Crippen LogP contribution in [-0.4, -0.2) is 15.0 Å². The Labute approximate surface area is 83.8 Å². The molecule has 0 unspecified atom stereocenters. The minimum atomic E-state index is 0.431. The Morgan fingerprint density at radius 3 is 2.86 bits per heavy atom. The van der Waals surface area contributed by atoms with Crippen LogP contribution in [-0.2, 0) is 13.0 Å². The molecule has 0 fully saturated rings. The zero-order chi connectivity index (χ0) is 10.6. The first kappa shape index (κ1) is 10.5. The number of aromatic nitrogens is 3. The molecule has 0 N–H and O–H groups in total. The van der Waals surface area contributed by atoms with Crippen molar-refractivity contribution in [3.63, 3.8) is 0 Å². The lowest BCUT2D eigenvalue weighted by Gasteiger charge is -2.05. The van der Waals surface area contributed by atoms with E-state index in [1.165, 1.54) is 0 Å². The molecule has 1 rings (SSSR count). The average Bonchev–Trinajstić information content (AvgIpc) is 2.48. The molecule has 0 aromatic carbocycles. The Kier molecular flexibility index (Phi) is 3.41. The van der Waals surface area contributed by atoms with Crippen LogP contribution in [0.2, 0.25) is 0 Å². The Morgan fingerprint density at radius 1 is 1.64 bits per heavy atom. The van der Waals surface area contributed by atoms with Crippen molar-refractivity contribution in [2.45, 2.75) is 26.8 Å². The van der Waals surface area contributed by atoms with Gasteiger partial charge in [0.2, 0.25) is 0 Å². The van der Waals surface area contributed by atoms with Crippen molar-refractivity contribution in [3.05, 3.63) is 24.0 Å². The summed E-state index contributed by atoms with van der Waals surface area (Å²) in [6, 6.07) is 2.05. The van der Waals surface area contributed by atoms with Crippen molar-refractivity contribution in [3.8, 4) is 6.07 Å². The highest BCUT2D eigenvalue weighted by molar-refractivity contribution is 5.25. The van der Waals surface area contributed by atoms with Crippen molar-refractivity contribution in [1.82, 2.24) is 15.0 Å². The maximum absolute atomic E-state index is 8.82. The normalized spacial score (nSPS) is 10.1. The molecule has 0 radical (unpaired) electrons. The third-order valence-electron chi connectivity index (χ3n) is 1.85. The molecule has 4 nitrogen and oxygen atoms in total. The highest BCUT2D eigenvalue weighted by atomic mass is 15.4. The summed E-state index contributed by atoms with van der Waals surface area (Å²) in [5.41, 5.74) is 1.34. The standard InChI is InChI=1S/C10H14N4/c1-4-5-14-10(6-8(2)3)9(7-11)12-13-14/h4,8H,1,5-6H2,2-3H3. The largest absolute Gasteiger partial charge is 0.244 e. The van der Waals surface area contributed by atoms with Crippen molar-refractivity contribution >= 4 is 0 Å². The molecule has 1 heterocycles. The van der Waals surface area contributed by atoms with Crippen LogP contribution in [0.15, 0.2) is 12.7 Å². The molecule has 4 heteroatoms. The molecule has 0 aliphatic heterocycles. The number of hydrogen-bond acceptors (Lipinski definition) is 3. The minimum Gasteiger partial charge on any atom is -0.244 e. The lowest BCUT2D eigenvalue weighted by Crippen LogP contribution is -2.07. The fourth-order valence-corrected chi connectivity index (χ4v) is 1.28. The molecule has 0 saturated carbocycles. The highest BCUT2D eigenvalue weighted by Crippen LogP contribution is 2.10.